The maximum Gasteiger partial charge on any atom is 0.225 e. The molecule has 0 radical (unpaired) electrons. The molecule has 19 heavy (non-hydrogen) atoms. The fraction of sp³-hybridized carbons (Fsp3) is 0.462. The Kier molecular flexibility index (Phi) is 4.44. The van der Waals surface area contributed by atoms with Crippen LogP contribution in [0.15, 0.2) is 17.9 Å². The van der Waals surface area contributed by atoms with Crippen LogP contribution >= 0.6 is 11.3 Å². The lowest BCUT2D eigenvalue weighted by Crippen LogP contribution is -2.20. The van der Waals surface area contributed by atoms with Gasteiger partial charge in [-0.05, 0) is 25.8 Å². The van der Waals surface area contributed by atoms with Gasteiger partial charge in [-0.15, -0.1) is 11.3 Å². The highest BCUT2D eigenvalue weighted by Crippen LogP contribution is 2.16. The van der Waals surface area contributed by atoms with E-state index in [0.717, 1.165) is 30.2 Å². The number of thiazole rings is 1. The van der Waals surface area contributed by atoms with Gasteiger partial charge in [-0.2, -0.15) is 0 Å². The lowest BCUT2D eigenvalue weighted by Gasteiger charge is -2.16. The van der Waals surface area contributed by atoms with E-state index in [1.54, 1.807) is 11.3 Å². The van der Waals surface area contributed by atoms with Crippen LogP contribution in [0, 0.1) is 6.92 Å². The van der Waals surface area contributed by atoms with Gasteiger partial charge < -0.3 is 10.6 Å². The number of anilines is 1. The number of nitrogens with zero attached hydrogens (tertiary/aromatic N) is 4. The van der Waals surface area contributed by atoms with Gasteiger partial charge in [0.05, 0.1) is 17.7 Å². The molecule has 2 aromatic rings. The molecule has 0 aliphatic carbocycles. The maximum atomic E-state index is 5.76. The molecule has 102 valence electrons. The molecule has 0 spiro atoms. The molecular weight excluding hydrogens is 258 g/mol. The molecule has 0 aliphatic rings. The molecule has 6 heteroatoms. The molecule has 5 nitrogen and oxygen atoms in total. The highest BCUT2D eigenvalue weighted by Gasteiger charge is 2.09. The van der Waals surface area contributed by atoms with E-state index in [4.69, 9.17) is 5.73 Å². The Morgan fingerprint density at radius 2 is 2.00 bits per heavy atom. The largest absolute Gasteiger partial charge is 0.339 e. The van der Waals surface area contributed by atoms with Crippen molar-refractivity contribution in [3.8, 4) is 0 Å². The van der Waals surface area contributed by atoms with E-state index in [-0.39, 0.29) is 6.04 Å². The van der Waals surface area contributed by atoms with Gasteiger partial charge in [-0.1, -0.05) is 0 Å². The average Bonchev–Trinajstić information content (AvgIpc) is 2.75. The van der Waals surface area contributed by atoms with E-state index in [9.17, 15) is 0 Å². The van der Waals surface area contributed by atoms with Crippen molar-refractivity contribution in [2.24, 2.45) is 5.73 Å². The van der Waals surface area contributed by atoms with Crippen LogP contribution in [0.25, 0.3) is 0 Å². The van der Waals surface area contributed by atoms with Gasteiger partial charge in [-0.3, -0.25) is 0 Å². The lowest BCUT2D eigenvalue weighted by molar-refractivity contribution is 0.730. The molecule has 2 rings (SSSR count). The number of aromatic nitrogens is 3. The Morgan fingerprint density at radius 1 is 1.32 bits per heavy atom. The summed E-state index contributed by atoms with van der Waals surface area (Å²) in [5.74, 6) is 0.723. The number of rotatable bonds is 5. The predicted molar refractivity (Wildman–Crippen MR) is 78.3 cm³/mol. The molecular formula is C13H19N5S. The molecule has 1 atom stereocenters. The zero-order valence-corrected chi connectivity index (χ0v) is 12.3. The molecule has 0 fully saturated rings. The van der Waals surface area contributed by atoms with Crippen molar-refractivity contribution in [3.05, 3.63) is 34.0 Å². The van der Waals surface area contributed by atoms with E-state index in [0.29, 0.717) is 0 Å². The van der Waals surface area contributed by atoms with Crippen LogP contribution in [0.4, 0.5) is 5.95 Å². The van der Waals surface area contributed by atoms with Crippen LogP contribution in [0.2, 0.25) is 0 Å². The molecule has 0 saturated heterocycles. The standard InChI is InChI=1S/C13H19N5S/c1-9(14)4-11-5-15-13(16-6-11)18(3)7-12-10(2)17-8-19-12/h5-6,8-9H,4,7,14H2,1-3H3. The summed E-state index contributed by atoms with van der Waals surface area (Å²) in [6.07, 6.45) is 4.50. The van der Waals surface area contributed by atoms with Gasteiger partial charge >= 0.3 is 0 Å². The quantitative estimate of drug-likeness (QED) is 0.902. The minimum atomic E-state index is 0.132. The normalized spacial score (nSPS) is 12.4. The van der Waals surface area contributed by atoms with Crippen molar-refractivity contribution in [2.45, 2.75) is 32.9 Å². The van der Waals surface area contributed by atoms with E-state index in [1.165, 1.54) is 4.88 Å². The summed E-state index contributed by atoms with van der Waals surface area (Å²) < 4.78 is 0. The lowest BCUT2D eigenvalue weighted by atomic mass is 10.1. The van der Waals surface area contributed by atoms with Crippen molar-refractivity contribution >= 4 is 17.3 Å². The number of aryl methyl sites for hydroxylation is 1. The second kappa shape index (κ2) is 6.08. The summed E-state index contributed by atoms with van der Waals surface area (Å²) in [6, 6.07) is 0.132. The third-order valence-electron chi connectivity index (χ3n) is 2.82. The van der Waals surface area contributed by atoms with E-state index in [2.05, 4.69) is 15.0 Å². The zero-order chi connectivity index (χ0) is 13.8. The second-order valence-corrected chi connectivity index (χ2v) is 5.73. The average molecular weight is 277 g/mol. The van der Waals surface area contributed by atoms with Crippen LogP contribution < -0.4 is 10.6 Å². The topological polar surface area (TPSA) is 67.9 Å². The van der Waals surface area contributed by atoms with E-state index in [1.807, 2.05) is 43.7 Å². The zero-order valence-electron chi connectivity index (χ0n) is 11.5. The second-order valence-electron chi connectivity index (χ2n) is 4.79. The van der Waals surface area contributed by atoms with E-state index >= 15 is 0 Å². The minimum absolute atomic E-state index is 0.132. The van der Waals surface area contributed by atoms with Gasteiger partial charge in [0.15, 0.2) is 0 Å². The first-order valence-electron chi connectivity index (χ1n) is 6.23. The van der Waals surface area contributed by atoms with Gasteiger partial charge in [0, 0.05) is 30.4 Å². The Morgan fingerprint density at radius 3 is 2.53 bits per heavy atom. The van der Waals surface area contributed by atoms with Crippen LogP contribution in [0.1, 0.15) is 23.1 Å². The first-order chi connectivity index (χ1) is 9.06. The summed E-state index contributed by atoms with van der Waals surface area (Å²) in [5.41, 5.74) is 9.77. The number of hydrogen-bond acceptors (Lipinski definition) is 6. The smallest absolute Gasteiger partial charge is 0.225 e. The van der Waals surface area contributed by atoms with Crippen molar-refractivity contribution in [1.29, 1.82) is 0 Å². The third kappa shape index (κ3) is 3.71. The summed E-state index contributed by atoms with van der Waals surface area (Å²) in [6.45, 7) is 4.78. The summed E-state index contributed by atoms with van der Waals surface area (Å²) >= 11 is 1.66. The molecule has 2 N–H and O–H groups in total. The monoisotopic (exact) mass is 277 g/mol. The number of hydrogen-bond donors (Lipinski definition) is 1. The number of nitrogens with two attached hydrogens (primary N) is 1. The Labute approximate surface area is 117 Å². The van der Waals surface area contributed by atoms with E-state index < -0.39 is 0 Å². The third-order valence-corrected chi connectivity index (χ3v) is 3.74. The first kappa shape index (κ1) is 13.9. The van der Waals surface area contributed by atoms with Gasteiger partial charge in [0.2, 0.25) is 5.95 Å². The SMILES string of the molecule is Cc1ncsc1CN(C)c1ncc(CC(C)N)cn1. The van der Waals surface area contributed by atoms with Crippen LogP contribution in [-0.2, 0) is 13.0 Å². The predicted octanol–water partition coefficient (Wildman–Crippen LogP) is 1.77. The highest BCUT2D eigenvalue weighted by molar-refractivity contribution is 7.09. The molecule has 2 aromatic heterocycles. The fourth-order valence-electron chi connectivity index (χ4n) is 1.79. The van der Waals surface area contributed by atoms with Crippen molar-refractivity contribution in [3.63, 3.8) is 0 Å². The molecule has 2 heterocycles. The van der Waals surface area contributed by atoms with Gasteiger partial charge in [-0.25, -0.2) is 15.0 Å². The first-order valence-corrected chi connectivity index (χ1v) is 7.11. The molecule has 0 bridgehead atoms. The van der Waals surface area contributed by atoms with Gasteiger partial charge in [0.25, 0.3) is 0 Å². The molecule has 0 aliphatic heterocycles. The Balaban J connectivity index is 2.03. The minimum Gasteiger partial charge on any atom is -0.339 e. The fourth-order valence-corrected chi connectivity index (χ4v) is 2.62. The van der Waals surface area contributed by atoms with Gasteiger partial charge in [0.1, 0.15) is 0 Å². The van der Waals surface area contributed by atoms with Crippen LogP contribution in [-0.4, -0.2) is 28.0 Å². The Bertz CT molecular complexity index is 520. The molecule has 1 unspecified atom stereocenters. The van der Waals surface area contributed by atoms with Crippen LogP contribution in [0.5, 0.6) is 0 Å². The van der Waals surface area contributed by atoms with Crippen molar-refractivity contribution < 1.29 is 0 Å². The molecule has 0 saturated carbocycles. The summed E-state index contributed by atoms with van der Waals surface area (Å²) in [4.78, 5) is 16.3. The maximum absolute atomic E-state index is 5.76. The van der Waals surface area contributed by atoms with Crippen LogP contribution in [0.3, 0.4) is 0 Å². The Hall–Kier alpha value is -1.53. The van der Waals surface area contributed by atoms with Crippen molar-refractivity contribution in [2.75, 3.05) is 11.9 Å². The molecule has 0 amide bonds. The summed E-state index contributed by atoms with van der Waals surface area (Å²) in [7, 11) is 1.99. The highest BCUT2D eigenvalue weighted by atomic mass is 32.1. The van der Waals surface area contributed by atoms with Crippen molar-refractivity contribution in [1.82, 2.24) is 15.0 Å². The summed E-state index contributed by atoms with van der Waals surface area (Å²) in [5, 5.41) is 0. The molecule has 0 aromatic carbocycles.